The molecule has 0 bridgehead atoms. The number of anilines is 1. The van der Waals surface area contributed by atoms with Gasteiger partial charge in [0.1, 0.15) is 5.75 Å². The number of halogens is 1. The second-order valence-electron chi connectivity index (χ2n) is 5.98. The smallest absolute Gasteiger partial charge is 0.255 e. The molecule has 0 saturated carbocycles. The van der Waals surface area contributed by atoms with Crippen molar-refractivity contribution >= 4 is 27.5 Å². The summed E-state index contributed by atoms with van der Waals surface area (Å²) in [7, 11) is 0. The van der Waals surface area contributed by atoms with E-state index in [0.717, 1.165) is 55.4 Å². The number of piperidine rings is 1. The highest BCUT2D eigenvalue weighted by molar-refractivity contribution is 9.10. The summed E-state index contributed by atoms with van der Waals surface area (Å²) in [6.07, 6.45) is 4.01. The first-order valence-electron chi connectivity index (χ1n) is 7.89. The monoisotopic (exact) mass is 367 g/mol. The molecule has 1 aromatic rings. The molecule has 22 heavy (non-hydrogen) atoms. The van der Waals surface area contributed by atoms with Gasteiger partial charge in [0.2, 0.25) is 0 Å². The van der Waals surface area contributed by atoms with Gasteiger partial charge in [-0.25, -0.2) is 0 Å². The Morgan fingerprint density at radius 1 is 1.45 bits per heavy atom. The Bertz CT molecular complexity index is 571. The fourth-order valence-corrected chi connectivity index (χ4v) is 3.59. The lowest BCUT2D eigenvalue weighted by molar-refractivity contribution is 0.0939. The van der Waals surface area contributed by atoms with Crippen molar-refractivity contribution < 1.29 is 9.53 Å². The molecule has 4 N–H and O–H groups in total. The minimum atomic E-state index is -0.0719. The van der Waals surface area contributed by atoms with Crippen LogP contribution in [0.1, 0.15) is 35.2 Å². The number of nitrogen functional groups attached to an aromatic ring is 1. The van der Waals surface area contributed by atoms with Gasteiger partial charge >= 0.3 is 0 Å². The van der Waals surface area contributed by atoms with Crippen molar-refractivity contribution in [3.63, 3.8) is 0 Å². The average molecular weight is 368 g/mol. The molecule has 0 radical (unpaired) electrons. The lowest BCUT2D eigenvalue weighted by Gasteiger charge is -2.24. The number of benzene rings is 1. The number of hydrogen-bond acceptors (Lipinski definition) is 4. The number of nitrogens with one attached hydrogen (secondary N) is 2. The van der Waals surface area contributed by atoms with Crippen molar-refractivity contribution in [1.29, 1.82) is 0 Å². The Labute approximate surface area is 139 Å². The predicted octanol–water partition coefficient (Wildman–Crippen LogP) is 2.09. The van der Waals surface area contributed by atoms with Crippen LogP contribution in [0.2, 0.25) is 0 Å². The maximum absolute atomic E-state index is 12.6. The first-order chi connectivity index (χ1) is 10.7. The molecule has 2 heterocycles. The SMILES string of the molecule is Nc1c(Br)cc(C(=O)NCC2CCNCC2)c2c1CCCO2. The standard InChI is InChI=1S/C16H22BrN3O2/c17-13-8-12(15-11(14(13)18)2-1-7-22-15)16(21)20-9-10-3-5-19-6-4-10/h8,10,19H,1-7,9,18H2,(H,20,21). The van der Waals surface area contributed by atoms with E-state index in [0.29, 0.717) is 29.5 Å². The zero-order valence-electron chi connectivity index (χ0n) is 12.6. The van der Waals surface area contributed by atoms with Crippen molar-refractivity contribution in [1.82, 2.24) is 10.6 Å². The lowest BCUT2D eigenvalue weighted by atomic mass is 9.97. The Morgan fingerprint density at radius 2 is 2.23 bits per heavy atom. The normalized spacial score (nSPS) is 18.4. The molecular formula is C16H22BrN3O2. The summed E-state index contributed by atoms with van der Waals surface area (Å²) in [4.78, 5) is 12.6. The van der Waals surface area contributed by atoms with Crippen LogP contribution in [0.25, 0.3) is 0 Å². The maximum atomic E-state index is 12.6. The van der Waals surface area contributed by atoms with E-state index in [1.54, 1.807) is 6.07 Å². The van der Waals surface area contributed by atoms with Gasteiger partial charge in [-0.05, 0) is 66.7 Å². The van der Waals surface area contributed by atoms with Gasteiger partial charge in [-0.15, -0.1) is 0 Å². The minimum Gasteiger partial charge on any atom is -0.492 e. The predicted molar refractivity (Wildman–Crippen MR) is 90.3 cm³/mol. The third-order valence-electron chi connectivity index (χ3n) is 4.44. The van der Waals surface area contributed by atoms with Crippen molar-refractivity contribution in [2.45, 2.75) is 25.7 Å². The van der Waals surface area contributed by atoms with Crippen molar-refractivity contribution in [3.05, 3.63) is 21.7 Å². The summed E-state index contributed by atoms with van der Waals surface area (Å²) in [5, 5.41) is 6.39. The van der Waals surface area contributed by atoms with Gasteiger partial charge in [0.25, 0.3) is 5.91 Å². The van der Waals surface area contributed by atoms with E-state index < -0.39 is 0 Å². The number of carbonyl (C=O) groups excluding carboxylic acids is 1. The number of ether oxygens (including phenoxy) is 1. The Balaban J connectivity index is 1.75. The minimum absolute atomic E-state index is 0.0719. The van der Waals surface area contributed by atoms with Gasteiger partial charge in [0, 0.05) is 16.6 Å². The highest BCUT2D eigenvalue weighted by atomic mass is 79.9. The van der Waals surface area contributed by atoms with Crippen molar-refractivity contribution in [2.75, 3.05) is 32.0 Å². The summed E-state index contributed by atoms with van der Waals surface area (Å²) < 4.78 is 6.50. The van der Waals surface area contributed by atoms with Crippen LogP contribution >= 0.6 is 15.9 Å². The number of rotatable bonds is 3. The van der Waals surface area contributed by atoms with Crippen LogP contribution in [-0.4, -0.2) is 32.1 Å². The van der Waals surface area contributed by atoms with Crippen LogP contribution < -0.4 is 21.1 Å². The molecule has 0 aliphatic carbocycles. The fraction of sp³-hybridized carbons (Fsp3) is 0.562. The largest absolute Gasteiger partial charge is 0.492 e. The van der Waals surface area contributed by atoms with E-state index in [1.165, 1.54) is 0 Å². The van der Waals surface area contributed by atoms with Crippen LogP contribution in [0.5, 0.6) is 5.75 Å². The van der Waals surface area contributed by atoms with Gasteiger partial charge in [0.15, 0.2) is 0 Å². The second-order valence-corrected chi connectivity index (χ2v) is 6.84. The first kappa shape index (κ1) is 15.6. The third-order valence-corrected chi connectivity index (χ3v) is 5.10. The topological polar surface area (TPSA) is 76.4 Å². The Kier molecular flexibility index (Phi) is 4.88. The van der Waals surface area contributed by atoms with Crippen LogP contribution in [0, 0.1) is 5.92 Å². The number of hydrogen-bond donors (Lipinski definition) is 3. The average Bonchev–Trinajstić information content (AvgIpc) is 2.57. The summed E-state index contributed by atoms with van der Waals surface area (Å²) >= 11 is 3.45. The van der Waals surface area contributed by atoms with E-state index in [9.17, 15) is 4.79 Å². The summed E-state index contributed by atoms with van der Waals surface area (Å²) in [6, 6.07) is 1.78. The highest BCUT2D eigenvalue weighted by Crippen LogP contribution is 2.38. The maximum Gasteiger partial charge on any atom is 0.255 e. The first-order valence-corrected chi connectivity index (χ1v) is 8.68. The van der Waals surface area contributed by atoms with Gasteiger partial charge < -0.3 is 21.1 Å². The molecule has 0 unspecified atom stereocenters. The number of nitrogens with two attached hydrogens (primary N) is 1. The Hall–Kier alpha value is -1.27. The number of fused-ring (bicyclic) bond motifs is 1. The van der Waals surface area contributed by atoms with Crippen LogP contribution in [0.3, 0.4) is 0 Å². The lowest BCUT2D eigenvalue weighted by Crippen LogP contribution is -2.36. The summed E-state index contributed by atoms with van der Waals surface area (Å²) in [5.74, 6) is 1.14. The zero-order chi connectivity index (χ0) is 15.5. The van der Waals surface area contributed by atoms with E-state index in [1.807, 2.05) is 0 Å². The van der Waals surface area contributed by atoms with E-state index >= 15 is 0 Å². The van der Waals surface area contributed by atoms with Crippen molar-refractivity contribution in [3.8, 4) is 5.75 Å². The highest BCUT2D eigenvalue weighted by Gasteiger charge is 2.24. The fourth-order valence-electron chi connectivity index (χ4n) is 3.12. The summed E-state index contributed by atoms with van der Waals surface area (Å²) in [5.41, 5.74) is 8.32. The van der Waals surface area contributed by atoms with E-state index in [4.69, 9.17) is 10.5 Å². The van der Waals surface area contributed by atoms with Crippen LogP contribution in [0.4, 0.5) is 5.69 Å². The van der Waals surface area contributed by atoms with Gasteiger partial charge in [-0.3, -0.25) is 4.79 Å². The quantitative estimate of drug-likeness (QED) is 0.714. The van der Waals surface area contributed by atoms with E-state index in [2.05, 4.69) is 26.6 Å². The molecule has 1 amide bonds. The molecular weight excluding hydrogens is 346 g/mol. The molecule has 1 aromatic carbocycles. The van der Waals surface area contributed by atoms with Crippen molar-refractivity contribution in [2.24, 2.45) is 5.92 Å². The molecule has 1 saturated heterocycles. The molecule has 2 aliphatic rings. The van der Waals surface area contributed by atoms with Crippen LogP contribution in [-0.2, 0) is 6.42 Å². The van der Waals surface area contributed by atoms with E-state index in [-0.39, 0.29) is 5.91 Å². The molecule has 120 valence electrons. The molecule has 3 rings (SSSR count). The molecule has 2 aliphatic heterocycles. The third kappa shape index (κ3) is 3.22. The van der Waals surface area contributed by atoms with Gasteiger partial charge in [-0.1, -0.05) is 0 Å². The van der Waals surface area contributed by atoms with Crippen LogP contribution in [0.15, 0.2) is 10.5 Å². The molecule has 5 nitrogen and oxygen atoms in total. The Morgan fingerprint density at radius 3 is 3.00 bits per heavy atom. The molecule has 6 heteroatoms. The number of carbonyl (C=O) groups is 1. The molecule has 0 aromatic heterocycles. The molecule has 0 atom stereocenters. The number of amides is 1. The second kappa shape index (κ2) is 6.87. The zero-order valence-corrected chi connectivity index (χ0v) is 14.2. The molecule has 0 spiro atoms. The summed E-state index contributed by atoms with van der Waals surface area (Å²) in [6.45, 7) is 3.43. The van der Waals surface area contributed by atoms with Gasteiger partial charge in [-0.2, -0.15) is 0 Å². The molecule has 1 fully saturated rings. The van der Waals surface area contributed by atoms with Gasteiger partial charge in [0.05, 0.1) is 17.9 Å².